The minimum Gasteiger partial charge on any atom is -0.493 e. The molecule has 3 aromatic rings. The second-order valence-corrected chi connectivity index (χ2v) is 8.53. The Morgan fingerprint density at radius 3 is 2.29 bits per heavy atom. The Kier molecular flexibility index (Phi) is 5.98. The molecule has 0 bridgehead atoms. The molecule has 0 radical (unpaired) electrons. The Balaban J connectivity index is 1.80. The van der Waals surface area contributed by atoms with Gasteiger partial charge in [0, 0.05) is 23.7 Å². The SMILES string of the molecule is COc1ccc(S(=O)(=O)N(C)Cc2ccc(-c3ccc(Cl)cc3)o2)cc1OC. The van der Waals surface area contributed by atoms with Crippen LogP contribution in [0.4, 0.5) is 0 Å². The Labute approximate surface area is 169 Å². The van der Waals surface area contributed by atoms with Crippen LogP contribution in [0.5, 0.6) is 11.5 Å². The summed E-state index contributed by atoms with van der Waals surface area (Å²) in [5.41, 5.74) is 0.862. The van der Waals surface area contributed by atoms with Gasteiger partial charge in [-0.05, 0) is 48.5 Å². The second kappa shape index (κ2) is 8.26. The molecule has 148 valence electrons. The second-order valence-electron chi connectivity index (χ2n) is 6.05. The van der Waals surface area contributed by atoms with E-state index in [1.807, 2.05) is 12.1 Å². The summed E-state index contributed by atoms with van der Waals surface area (Å²) in [7, 11) is 0.712. The molecule has 3 rings (SSSR count). The summed E-state index contributed by atoms with van der Waals surface area (Å²) >= 11 is 5.90. The summed E-state index contributed by atoms with van der Waals surface area (Å²) in [6.07, 6.45) is 0. The minimum absolute atomic E-state index is 0.0876. The maximum atomic E-state index is 12.9. The third-order valence-corrected chi connectivity index (χ3v) is 6.28. The first kappa shape index (κ1) is 20.3. The normalized spacial score (nSPS) is 11.6. The smallest absolute Gasteiger partial charge is 0.243 e. The molecule has 0 atom stereocenters. The number of furan rings is 1. The Bertz CT molecular complexity index is 1060. The number of hydrogen-bond donors (Lipinski definition) is 0. The molecule has 8 heteroatoms. The van der Waals surface area contributed by atoms with E-state index in [0.29, 0.717) is 28.0 Å². The molecule has 0 amide bonds. The fourth-order valence-corrected chi connectivity index (χ4v) is 3.97. The van der Waals surface area contributed by atoms with Crippen LogP contribution in [-0.2, 0) is 16.6 Å². The van der Waals surface area contributed by atoms with E-state index in [2.05, 4.69) is 0 Å². The van der Waals surface area contributed by atoms with E-state index < -0.39 is 10.0 Å². The molecule has 0 aliphatic rings. The summed E-state index contributed by atoms with van der Waals surface area (Å²) in [5, 5.41) is 0.635. The number of halogens is 1. The number of sulfonamides is 1. The quantitative estimate of drug-likeness (QED) is 0.564. The van der Waals surface area contributed by atoms with Crippen LogP contribution in [0.2, 0.25) is 5.02 Å². The number of rotatable bonds is 7. The van der Waals surface area contributed by atoms with Crippen molar-refractivity contribution in [2.75, 3.05) is 21.3 Å². The Morgan fingerprint density at radius 2 is 1.64 bits per heavy atom. The molecule has 28 heavy (non-hydrogen) atoms. The molecule has 0 saturated carbocycles. The van der Waals surface area contributed by atoms with E-state index in [4.69, 9.17) is 25.5 Å². The Hall–Kier alpha value is -2.48. The molecule has 2 aromatic carbocycles. The number of hydrogen-bond acceptors (Lipinski definition) is 5. The number of nitrogens with zero attached hydrogens (tertiary/aromatic N) is 1. The zero-order valence-electron chi connectivity index (χ0n) is 15.7. The molecule has 1 aromatic heterocycles. The predicted molar refractivity (Wildman–Crippen MR) is 107 cm³/mol. The highest BCUT2D eigenvalue weighted by Gasteiger charge is 2.23. The maximum absolute atomic E-state index is 12.9. The predicted octanol–water partition coefficient (Wildman–Crippen LogP) is 4.44. The van der Waals surface area contributed by atoms with E-state index >= 15 is 0 Å². The topological polar surface area (TPSA) is 69.0 Å². The minimum atomic E-state index is -3.74. The average molecular weight is 422 g/mol. The van der Waals surface area contributed by atoms with Gasteiger partial charge in [0.2, 0.25) is 10.0 Å². The van der Waals surface area contributed by atoms with Crippen LogP contribution < -0.4 is 9.47 Å². The first-order chi connectivity index (χ1) is 13.3. The molecular formula is C20H20ClNO5S. The fourth-order valence-electron chi connectivity index (χ4n) is 2.69. The lowest BCUT2D eigenvalue weighted by molar-refractivity contribution is 0.353. The number of benzene rings is 2. The van der Waals surface area contributed by atoms with Gasteiger partial charge in [-0.2, -0.15) is 4.31 Å². The van der Waals surface area contributed by atoms with Gasteiger partial charge in [0.1, 0.15) is 11.5 Å². The van der Waals surface area contributed by atoms with Crippen molar-refractivity contribution >= 4 is 21.6 Å². The lowest BCUT2D eigenvalue weighted by Gasteiger charge is -2.17. The van der Waals surface area contributed by atoms with Gasteiger partial charge in [-0.15, -0.1) is 0 Å². The molecule has 6 nitrogen and oxygen atoms in total. The Morgan fingerprint density at radius 1 is 0.964 bits per heavy atom. The van der Waals surface area contributed by atoms with E-state index in [0.717, 1.165) is 5.56 Å². The van der Waals surface area contributed by atoms with Gasteiger partial charge in [0.25, 0.3) is 0 Å². The average Bonchev–Trinajstić information content (AvgIpc) is 3.16. The summed E-state index contributed by atoms with van der Waals surface area (Å²) in [5.74, 6) is 1.97. The van der Waals surface area contributed by atoms with Crippen LogP contribution >= 0.6 is 11.6 Å². The number of methoxy groups -OCH3 is 2. The molecule has 0 unspecified atom stereocenters. The van der Waals surface area contributed by atoms with Gasteiger partial charge in [0.15, 0.2) is 11.5 Å². The highest BCUT2D eigenvalue weighted by molar-refractivity contribution is 7.89. The van der Waals surface area contributed by atoms with Crippen LogP contribution in [0, 0.1) is 0 Å². The van der Waals surface area contributed by atoms with Crippen LogP contribution in [-0.4, -0.2) is 34.0 Å². The zero-order valence-corrected chi connectivity index (χ0v) is 17.3. The first-order valence-electron chi connectivity index (χ1n) is 8.38. The van der Waals surface area contributed by atoms with Crippen molar-refractivity contribution in [2.24, 2.45) is 0 Å². The van der Waals surface area contributed by atoms with Crippen LogP contribution in [0.25, 0.3) is 11.3 Å². The van der Waals surface area contributed by atoms with Crippen molar-refractivity contribution in [2.45, 2.75) is 11.4 Å². The molecule has 0 saturated heterocycles. The van der Waals surface area contributed by atoms with Crippen molar-refractivity contribution in [3.8, 4) is 22.8 Å². The van der Waals surface area contributed by atoms with Crippen molar-refractivity contribution in [1.29, 1.82) is 0 Å². The van der Waals surface area contributed by atoms with Crippen LogP contribution in [0.3, 0.4) is 0 Å². The molecule has 0 aliphatic carbocycles. The number of ether oxygens (including phenoxy) is 2. The first-order valence-corrected chi connectivity index (χ1v) is 10.2. The zero-order chi connectivity index (χ0) is 20.3. The molecule has 0 spiro atoms. The van der Waals surface area contributed by atoms with E-state index in [1.165, 1.54) is 37.7 Å². The summed E-state index contributed by atoms with van der Waals surface area (Å²) in [6, 6.07) is 15.3. The van der Waals surface area contributed by atoms with E-state index in [9.17, 15) is 8.42 Å². The third-order valence-electron chi connectivity index (χ3n) is 4.23. The lowest BCUT2D eigenvalue weighted by atomic mass is 10.2. The highest BCUT2D eigenvalue weighted by Crippen LogP contribution is 2.31. The summed E-state index contributed by atoms with van der Waals surface area (Å²) in [4.78, 5) is 0.108. The molecule has 1 heterocycles. The summed E-state index contributed by atoms with van der Waals surface area (Å²) in [6.45, 7) is 0.0876. The summed E-state index contributed by atoms with van der Waals surface area (Å²) < 4.78 is 43.2. The van der Waals surface area contributed by atoms with Crippen molar-refractivity contribution < 1.29 is 22.3 Å². The van der Waals surface area contributed by atoms with Crippen LogP contribution in [0.1, 0.15) is 5.76 Å². The van der Waals surface area contributed by atoms with Gasteiger partial charge < -0.3 is 13.9 Å². The molecular weight excluding hydrogens is 402 g/mol. The van der Waals surface area contributed by atoms with Gasteiger partial charge in [-0.1, -0.05) is 11.6 Å². The van der Waals surface area contributed by atoms with Crippen LogP contribution in [0.15, 0.2) is 63.9 Å². The van der Waals surface area contributed by atoms with Gasteiger partial charge in [0.05, 0.1) is 25.7 Å². The van der Waals surface area contributed by atoms with Gasteiger partial charge in [-0.3, -0.25) is 0 Å². The molecule has 0 aliphatic heterocycles. The lowest BCUT2D eigenvalue weighted by Crippen LogP contribution is -2.26. The highest BCUT2D eigenvalue weighted by atomic mass is 35.5. The van der Waals surface area contributed by atoms with Crippen molar-refractivity contribution in [3.05, 3.63) is 65.4 Å². The standard InChI is InChI=1S/C20H20ClNO5S/c1-22(28(23,24)17-9-11-19(25-2)20(12-17)26-3)13-16-8-10-18(27-16)14-4-6-15(21)7-5-14/h4-12H,13H2,1-3H3. The van der Waals surface area contributed by atoms with Gasteiger partial charge >= 0.3 is 0 Å². The van der Waals surface area contributed by atoms with Crippen molar-refractivity contribution in [3.63, 3.8) is 0 Å². The third kappa shape index (κ3) is 4.16. The van der Waals surface area contributed by atoms with Crippen molar-refractivity contribution in [1.82, 2.24) is 4.31 Å². The maximum Gasteiger partial charge on any atom is 0.243 e. The molecule has 0 N–H and O–H groups in total. The monoisotopic (exact) mass is 421 g/mol. The largest absolute Gasteiger partial charge is 0.493 e. The van der Waals surface area contributed by atoms with E-state index in [-0.39, 0.29) is 11.4 Å². The van der Waals surface area contributed by atoms with E-state index in [1.54, 1.807) is 30.3 Å². The van der Waals surface area contributed by atoms with Gasteiger partial charge in [-0.25, -0.2) is 8.42 Å². The molecule has 0 fully saturated rings. The fraction of sp³-hybridized carbons (Fsp3) is 0.200.